The van der Waals surface area contributed by atoms with Gasteiger partial charge in [-0.05, 0) is 52.0 Å². The van der Waals surface area contributed by atoms with Crippen LogP contribution in [0.4, 0.5) is 5.69 Å². The van der Waals surface area contributed by atoms with Gasteiger partial charge in [0, 0.05) is 36.0 Å². The van der Waals surface area contributed by atoms with Crippen molar-refractivity contribution in [2.24, 2.45) is 0 Å². The van der Waals surface area contributed by atoms with E-state index in [4.69, 9.17) is 4.74 Å². The average Bonchev–Trinajstić information content (AvgIpc) is 2.54. The van der Waals surface area contributed by atoms with E-state index in [0.717, 1.165) is 0 Å². The summed E-state index contributed by atoms with van der Waals surface area (Å²) in [6, 6.07) is 6.63. The van der Waals surface area contributed by atoms with E-state index >= 15 is 0 Å². The molecule has 25 heavy (non-hydrogen) atoms. The van der Waals surface area contributed by atoms with Gasteiger partial charge in [0.05, 0.1) is 12.2 Å². The maximum Gasteiger partial charge on any atom is 0.251 e. The Morgan fingerprint density at radius 3 is 2.16 bits per heavy atom. The highest BCUT2D eigenvalue weighted by atomic mass is 16.5. The number of ether oxygens (including phenoxy) is 1. The van der Waals surface area contributed by atoms with Crippen LogP contribution in [0, 0.1) is 0 Å². The van der Waals surface area contributed by atoms with Crippen molar-refractivity contribution in [1.82, 2.24) is 4.90 Å². The maximum absolute atomic E-state index is 12.4. The number of carbonyl (C=O) groups is 3. The molecule has 6 heteroatoms. The summed E-state index contributed by atoms with van der Waals surface area (Å²) in [5.74, 6) is -0.576. The largest absolute Gasteiger partial charge is 0.372 e. The highest BCUT2D eigenvalue weighted by Gasteiger charge is 2.25. The minimum absolute atomic E-state index is 0.0185. The molecule has 1 aliphatic heterocycles. The fraction of sp³-hybridized carbons (Fsp3) is 0.421. The third-order valence-corrected chi connectivity index (χ3v) is 3.98. The Morgan fingerprint density at radius 2 is 1.64 bits per heavy atom. The van der Waals surface area contributed by atoms with Gasteiger partial charge in [-0.25, -0.2) is 0 Å². The third-order valence-electron chi connectivity index (χ3n) is 3.98. The van der Waals surface area contributed by atoms with Crippen LogP contribution in [0.2, 0.25) is 0 Å². The SMILES string of the molecule is CC(=O)c1ccc(NC(=O)/C(C)=C\C(=O)N2CC(C)OC(C)C2)cc1. The second-order valence-corrected chi connectivity index (χ2v) is 6.42. The molecule has 6 nitrogen and oxygen atoms in total. The molecule has 1 fully saturated rings. The maximum atomic E-state index is 12.4. The van der Waals surface area contributed by atoms with Gasteiger partial charge in [-0.2, -0.15) is 0 Å². The molecule has 1 aromatic rings. The molecule has 0 aromatic heterocycles. The van der Waals surface area contributed by atoms with Crippen molar-refractivity contribution < 1.29 is 19.1 Å². The summed E-state index contributed by atoms with van der Waals surface area (Å²) in [6.45, 7) is 7.96. The van der Waals surface area contributed by atoms with Crippen molar-refractivity contribution in [1.29, 1.82) is 0 Å². The lowest BCUT2D eigenvalue weighted by Gasteiger charge is -2.34. The molecule has 1 heterocycles. The Kier molecular flexibility index (Phi) is 6.09. The molecule has 2 atom stereocenters. The zero-order valence-corrected chi connectivity index (χ0v) is 15.0. The molecule has 2 unspecified atom stereocenters. The van der Waals surface area contributed by atoms with E-state index in [1.54, 1.807) is 36.1 Å². The smallest absolute Gasteiger partial charge is 0.251 e. The lowest BCUT2D eigenvalue weighted by atomic mass is 10.1. The topological polar surface area (TPSA) is 75.7 Å². The van der Waals surface area contributed by atoms with Crippen molar-refractivity contribution >= 4 is 23.3 Å². The number of nitrogens with zero attached hydrogens (tertiary/aromatic N) is 1. The van der Waals surface area contributed by atoms with E-state index in [1.165, 1.54) is 13.0 Å². The number of Topliss-reactive ketones (excluding diaryl/α,β-unsaturated/α-hetero) is 1. The summed E-state index contributed by atoms with van der Waals surface area (Å²) in [4.78, 5) is 37.5. The van der Waals surface area contributed by atoms with E-state index in [1.807, 2.05) is 13.8 Å². The number of ketones is 1. The van der Waals surface area contributed by atoms with Crippen LogP contribution in [-0.4, -0.2) is 47.8 Å². The number of amides is 2. The minimum atomic E-state index is -0.349. The quantitative estimate of drug-likeness (QED) is 0.672. The normalized spacial score (nSPS) is 21.0. The molecule has 134 valence electrons. The number of benzene rings is 1. The Balaban J connectivity index is 1.99. The van der Waals surface area contributed by atoms with Gasteiger partial charge in [0.15, 0.2) is 5.78 Å². The fourth-order valence-electron chi connectivity index (χ4n) is 2.72. The van der Waals surface area contributed by atoms with Gasteiger partial charge < -0.3 is 15.0 Å². The molecule has 1 saturated heterocycles. The summed E-state index contributed by atoms with van der Waals surface area (Å²) >= 11 is 0. The standard InChI is InChI=1S/C19H24N2O4/c1-12(9-18(23)21-10-13(2)25-14(3)11-21)19(24)20-17-7-5-16(6-8-17)15(4)22/h5-9,13-14H,10-11H2,1-4H3,(H,20,24)/b12-9-. The van der Waals surface area contributed by atoms with Crippen LogP contribution in [-0.2, 0) is 14.3 Å². The number of morpholine rings is 1. The first-order valence-electron chi connectivity index (χ1n) is 8.31. The monoisotopic (exact) mass is 344 g/mol. The second-order valence-electron chi connectivity index (χ2n) is 6.42. The summed E-state index contributed by atoms with van der Waals surface area (Å²) < 4.78 is 5.61. The van der Waals surface area contributed by atoms with E-state index in [2.05, 4.69) is 5.32 Å². The van der Waals surface area contributed by atoms with Gasteiger partial charge in [-0.1, -0.05) is 0 Å². The second kappa shape index (κ2) is 8.07. The molecule has 0 bridgehead atoms. The first kappa shape index (κ1) is 18.9. The van der Waals surface area contributed by atoms with Gasteiger partial charge in [0.2, 0.25) is 5.91 Å². The molecule has 0 saturated carbocycles. The van der Waals surface area contributed by atoms with E-state index in [-0.39, 0.29) is 29.8 Å². The highest BCUT2D eigenvalue weighted by Crippen LogP contribution is 2.13. The van der Waals surface area contributed by atoms with Gasteiger partial charge in [-0.15, -0.1) is 0 Å². The van der Waals surface area contributed by atoms with Gasteiger partial charge in [0.25, 0.3) is 5.91 Å². The van der Waals surface area contributed by atoms with Crippen LogP contribution in [0.5, 0.6) is 0 Å². The zero-order chi connectivity index (χ0) is 18.6. The third kappa shape index (κ3) is 5.26. The lowest BCUT2D eigenvalue weighted by Crippen LogP contribution is -2.47. The van der Waals surface area contributed by atoms with Crippen LogP contribution in [0.25, 0.3) is 0 Å². The molecular weight excluding hydrogens is 320 g/mol. The first-order chi connectivity index (χ1) is 11.8. The predicted octanol–water partition coefficient (Wildman–Crippen LogP) is 2.41. The number of anilines is 1. The summed E-state index contributed by atoms with van der Waals surface area (Å²) in [7, 11) is 0. The Bertz CT molecular complexity index is 684. The van der Waals surface area contributed by atoms with Gasteiger partial charge in [0.1, 0.15) is 0 Å². The Morgan fingerprint density at radius 1 is 1.08 bits per heavy atom. The van der Waals surface area contributed by atoms with Crippen LogP contribution >= 0.6 is 0 Å². The number of hydrogen-bond donors (Lipinski definition) is 1. The van der Waals surface area contributed by atoms with E-state index < -0.39 is 0 Å². The molecular formula is C19H24N2O4. The van der Waals surface area contributed by atoms with Crippen LogP contribution in [0.3, 0.4) is 0 Å². The number of carbonyl (C=O) groups excluding carboxylic acids is 3. The zero-order valence-electron chi connectivity index (χ0n) is 15.0. The minimum Gasteiger partial charge on any atom is -0.372 e. The fourth-order valence-corrected chi connectivity index (χ4v) is 2.72. The molecule has 0 radical (unpaired) electrons. The molecule has 1 aromatic carbocycles. The van der Waals surface area contributed by atoms with E-state index in [9.17, 15) is 14.4 Å². The molecule has 2 amide bonds. The van der Waals surface area contributed by atoms with Crippen molar-refractivity contribution in [3.8, 4) is 0 Å². The summed E-state index contributed by atoms with van der Waals surface area (Å²) in [5, 5.41) is 2.72. The predicted molar refractivity (Wildman–Crippen MR) is 95.4 cm³/mol. The lowest BCUT2D eigenvalue weighted by molar-refractivity contribution is -0.138. The Labute approximate surface area is 147 Å². The molecule has 0 aliphatic carbocycles. The van der Waals surface area contributed by atoms with Crippen molar-refractivity contribution in [3.63, 3.8) is 0 Å². The number of nitrogens with one attached hydrogen (secondary N) is 1. The summed E-state index contributed by atoms with van der Waals surface area (Å²) in [6.07, 6.45) is 1.31. The van der Waals surface area contributed by atoms with Gasteiger partial charge >= 0.3 is 0 Å². The average molecular weight is 344 g/mol. The van der Waals surface area contributed by atoms with Crippen molar-refractivity contribution in [2.45, 2.75) is 39.9 Å². The molecule has 2 rings (SSSR count). The highest BCUT2D eigenvalue weighted by molar-refractivity contribution is 6.07. The van der Waals surface area contributed by atoms with Crippen LogP contribution < -0.4 is 5.32 Å². The molecule has 1 aliphatic rings. The summed E-state index contributed by atoms with van der Waals surface area (Å²) in [5.41, 5.74) is 1.48. The molecule has 0 spiro atoms. The number of hydrogen-bond acceptors (Lipinski definition) is 4. The van der Waals surface area contributed by atoms with E-state index in [0.29, 0.717) is 29.9 Å². The van der Waals surface area contributed by atoms with Crippen LogP contribution in [0.15, 0.2) is 35.9 Å². The molecule has 1 N–H and O–H groups in total. The van der Waals surface area contributed by atoms with Crippen molar-refractivity contribution in [2.75, 3.05) is 18.4 Å². The van der Waals surface area contributed by atoms with Gasteiger partial charge in [-0.3, -0.25) is 14.4 Å². The number of rotatable bonds is 4. The van der Waals surface area contributed by atoms with Crippen LogP contribution in [0.1, 0.15) is 38.1 Å². The first-order valence-corrected chi connectivity index (χ1v) is 8.31. The Hall–Kier alpha value is -2.47. The van der Waals surface area contributed by atoms with Crippen molar-refractivity contribution in [3.05, 3.63) is 41.5 Å².